The van der Waals surface area contributed by atoms with Crippen molar-refractivity contribution in [2.24, 2.45) is 0 Å². The molecule has 0 aromatic heterocycles. The minimum Gasteiger partial charge on any atom is -0.490 e. The molecule has 1 aromatic rings. The number of esters is 1. The number of benzene rings is 1. The van der Waals surface area contributed by atoms with Crippen molar-refractivity contribution in [2.45, 2.75) is 53.1 Å². The van der Waals surface area contributed by atoms with Crippen molar-refractivity contribution in [3.05, 3.63) is 23.8 Å². The Kier molecular flexibility index (Phi) is 6.06. The fourth-order valence-corrected chi connectivity index (χ4v) is 1.86. The molecule has 118 valence electrons. The zero-order valence-electron chi connectivity index (χ0n) is 13.9. The molecule has 0 bridgehead atoms. The molecule has 0 aliphatic rings. The van der Waals surface area contributed by atoms with Gasteiger partial charge in [0.2, 0.25) is 0 Å². The molecule has 0 heterocycles. The third-order valence-electron chi connectivity index (χ3n) is 2.83. The first kappa shape index (κ1) is 17.3. The van der Waals surface area contributed by atoms with Gasteiger partial charge in [-0.1, -0.05) is 6.07 Å². The predicted molar refractivity (Wildman–Crippen MR) is 83.0 cm³/mol. The van der Waals surface area contributed by atoms with E-state index in [4.69, 9.17) is 14.2 Å². The minimum atomic E-state index is -0.487. The second-order valence-electron chi connectivity index (χ2n) is 5.83. The van der Waals surface area contributed by atoms with Gasteiger partial charge in [0.25, 0.3) is 0 Å². The van der Waals surface area contributed by atoms with Crippen LogP contribution in [0.1, 0.15) is 53.0 Å². The molecule has 0 amide bonds. The summed E-state index contributed by atoms with van der Waals surface area (Å²) in [5.74, 6) is 0.764. The molecule has 4 nitrogen and oxygen atoms in total. The van der Waals surface area contributed by atoms with Gasteiger partial charge in [-0.05, 0) is 59.2 Å². The zero-order chi connectivity index (χ0) is 16.0. The Balaban J connectivity index is 2.96. The first-order valence-electron chi connectivity index (χ1n) is 7.40. The predicted octanol–water partition coefficient (Wildman–Crippen LogP) is 3.93. The summed E-state index contributed by atoms with van der Waals surface area (Å²) in [5.41, 5.74) is 0.371. The van der Waals surface area contributed by atoms with E-state index in [0.717, 1.165) is 5.56 Å². The maximum atomic E-state index is 12.1. The van der Waals surface area contributed by atoms with Crippen LogP contribution in [0.15, 0.2) is 18.2 Å². The summed E-state index contributed by atoms with van der Waals surface area (Å²) in [6.07, 6.45) is 0. The first-order valence-corrected chi connectivity index (χ1v) is 7.40. The molecule has 1 unspecified atom stereocenters. The summed E-state index contributed by atoms with van der Waals surface area (Å²) in [6.45, 7) is 12.4. The van der Waals surface area contributed by atoms with Crippen molar-refractivity contribution < 1.29 is 19.0 Å². The Morgan fingerprint density at radius 2 is 1.67 bits per heavy atom. The molecule has 0 saturated heterocycles. The highest BCUT2D eigenvalue weighted by Gasteiger charge is 2.23. The van der Waals surface area contributed by atoms with E-state index < -0.39 is 5.60 Å². The van der Waals surface area contributed by atoms with Gasteiger partial charge in [0.05, 0.1) is 19.1 Å². The molecular weight excluding hydrogens is 268 g/mol. The largest absolute Gasteiger partial charge is 0.490 e. The maximum Gasteiger partial charge on any atom is 0.313 e. The SMILES string of the molecule is CCOc1ccc(C(C)C(=O)OC(C)(C)C)cc1OCC. The summed E-state index contributed by atoms with van der Waals surface area (Å²) in [4.78, 5) is 12.1. The van der Waals surface area contributed by atoms with Gasteiger partial charge in [-0.25, -0.2) is 0 Å². The average Bonchev–Trinajstić information content (AvgIpc) is 2.38. The Bertz CT molecular complexity index is 474. The number of carbonyl (C=O) groups is 1. The summed E-state index contributed by atoms with van der Waals surface area (Å²) in [6, 6.07) is 5.57. The Hall–Kier alpha value is -1.71. The van der Waals surface area contributed by atoms with E-state index in [9.17, 15) is 4.79 Å². The van der Waals surface area contributed by atoms with Crippen molar-refractivity contribution in [3.63, 3.8) is 0 Å². The highest BCUT2D eigenvalue weighted by molar-refractivity contribution is 5.78. The molecule has 1 atom stereocenters. The van der Waals surface area contributed by atoms with E-state index in [1.54, 1.807) is 0 Å². The van der Waals surface area contributed by atoms with Gasteiger partial charge in [0.1, 0.15) is 5.60 Å². The molecule has 1 aromatic carbocycles. The molecule has 0 radical (unpaired) electrons. The van der Waals surface area contributed by atoms with Crippen LogP contribution in [0, 0.1) is 0 Å². The molecule has 4 heteroatoms. The average molecular weight is 294 g/mol. The molecule has 0 N–H and O–H groups in total. The fourth-order valence-electron chi connectivity index (χ4n) is 1.86. The summed E-state index contributed by atoms with van der Waals surface area (Å²) < 4.78 is 16.5. The second-order valence-corrected chi connectivity index (χ2v) is 5.83. The van der Waals surface area contributed by atoms with Crippen LogP contribution in [-0.4, -0.2) is 24.8 Å². The van der Waals surface area contributed by atoms with Crippen LogP contribution in [-0.2, 0) is 9.53 Å². The van der Waals surface area contributed by atoms with Crippen LogP contribution in [0.3, 0.4) is 0 Å². The summed E-state index contributed by atoms with van der Waals surface area (Å²) in [7, 11) is 0. The molecule has 1 rings (SSSR count). The Morgan fingerprint density at radius 1 is 1.10 bits per heavy atom. The molecule has 0 aliphatic carbocycles. The third kappa shape index (κ3) is 5.29. The normalized spacial score (nSPS) is 12.7. The van der Waals surface area contributed by atoms with Gasteiger partial charge < -0.3 is 14.2 Å². The van der Waals surface area contributed by atoms with Crippen molar-refractivity contribution in [1.29, 1.82) is 0 Å². The molecule has 0 saturated carbocycles. The maximum absolute atomic E-state index is 12.1. The standard InChI is InChI=1S/C17H26O4/c1-7-19-14-10-9-13(11-15(14)20-8-2)12(3)16(18)21-17(4,5)6/h9-12H,7-8H2,1-6H3. The Morgan fingerprint density at radius 3 is 2.19 bits per heavy atom. The van der Waals surface area contributed by atoms with Crippen LogP contribution in [0.25, 0.3) is 0 Å². The van der Waals surface area contributed by atoms with Crippen molar-refractivity contribution in [3.8, 4) is 11.5 Å². The summed E-state index contributed by atoms with van der Waals surface area (Å²) >= 11 is 0. The number of rotatable bonds is 6. The smallest absolute Gasteiger partial charge is 0.313 e. The van der Waals surface area contributed by atoms with Crippen LogP contribution >= 0.6 is 0 Å². The van der Waals surface area contributed by atoms with Crippen LogP contribution in [0.2, 0.25) is 0 Å². The van der Waals surface area contributed by atoms with E-state index in [-0.39, 0.29) is 11.9 Å². The number of ether oxygens (including phenoxy) is 3. The lowest BCUT2D eigenvalue weighted by molar-refractivity contribution is -0.156. The highest BCUT2D eigenvalue weighted by Crippen LogP contribution is 2.32. The number of hydrogen-bond acceptors (Lipinski definition) is 4. The van der Waals surface area contributed by atoms with Gasteiger partial charge >= 0.3 is 5.97 Å². The topological polar surface area (TPSA) is 44.8 Å². The number of hydrogen-bond donors (Lipinski definition) is 0. The van der Waals surface area contributed by atoms with E-state index >= 15 is 0 Å². The molecular formula is C17H26O4. The van der Waals surface area contributed by atoms with Crippen molar-refractivity contribution >= 4 is 5.97 Å². The summed E-state index contributed by atoms with van der Waals surface area (Å²) in [5, 5.41) is 0. The van der Waals surface area contributed by atoms with Gasteiger partial charge in [-0.2, -0.15) is 0 Å². The van der Waals surface area contributed by atoms with E-state index in [2.05, 4.69) is 0 Å². The van der Waals surface area contributed by atoms with Crippen LogP contribution in [0.5, 0.6) is 11.5 Å². The van der Waals surface area contributed by atoms with Gasteiger partial charge in [-0.3, -0.25) is 4.79 Å². The quantitative estimate of drug-likeness (QED) is 0.746. The van der Waals surface area contributed by atoms with Crippen molar-refractivity contribution in [2.75, 3.05) is 13.2 Å². The molecule has 0 spiro atoms. The first-order chi connectivity index (χ1) is 9.78. The molecule has 21 heavy (non-hydrogen) atoms. The van der Waals surface area contributed by atoms with Crippen molar-refractivity contribution in [1.82, 2.24) is 0 Å². The van der Waals surface area contributed by atoms with Crippen LogP contribution < -0.4 is 9.47 Å². The lowest BCUT2D eigenvalue weighted by atomic mass is 10.0. The number of carbonyl (C=O) groups excluding carboxylic acids is 1. The van der Waals surface area contributed by atoms with Gasteiger partial charge in [-0.15, -0.1) is 0 Å². The monoisotopic (exact) mass is 294 g/mol. The fraction of sp³-hybridized carbons (Fsp3) is 0.588. The van der Waals surface area contributed by atoms with E-state index in [1.165, 1.54) is 0 Å². The molecule has 0 aliphatic heterocycles. The third-order valence-corrected chi connectivity index (χ3v) is 2.83. The van der Waals surface area contributed by atoms with Gasteiger partial charge in [0.15, 0.2) is 11.5 Å². The van der Waals surface area contributed by atoms with E-state index in [0.29, 0.717) is 24.7 Å². The minimum absolute atomic E-state index is 0.242. The Labute approximate surface area is 127 Å². The highest BCUT2D eigenvalue weighted by atomic mass is 16.6. The van der Waals surface area contributed by atoms with E-state index in [1.807, 2.05) is 59.7 Å². The molecule has 0 fully saturated rings. The second kappa shape index (κ2) is 7.34. The van der Waals surface area contributed by atoms with Gasteiger partial charge in [0, 0.05) is 0 Å². The van der Waals surface area contributed by atoms with Crippen LogP contribution in [0.4, 0.5) is 0 Å². The lowest BCUT2D eigenvalue weighted by Crippen LogP contribution is -2.26. The zero-order valence-corrected chi connectivity index (χ0v) is 13.9. The lowest BCUT2D eigenvalue weighted by Gasteiger charge is -2.23.